The summed E-state index contributed by atoms with van der Waals surface area (Å²) in [5.41, 5.74) is 5.66. The molecule has 2 aromatic heterocycles. The molecule has 2 aromatic rings. The van der Waals surface area contributed by atoms with Gasteiger partial charge in [0.2, 0.25) is 5.95 Å². The fourth-order valence-corrected chi connectivity index (χ4v) is 5.90. The fourth-order valence-electron chi connectivity index (χ4n) is 2.65. The number of aliphatic hydroxyl groups is 2. The molecule has 0 aliphatic carbocycles. The van der Waals surface area contributed by atoms with E-state index in [1.165, 1.54) is 0 Å². The number of phosphoric ester groups is 1. The lowest BCUT2D eigenvalue weighted by Gasteiger charge is -2.19. The zero-order chi connectivity index (χ0) is 24.1. The topological polar surface area (TPSA) is 279 Å². The number of rotatable bonds is 8. The van der Waals surface area contributed by atoms with E-state index in [0.717, 1.165) is 10.9 Å². The summed E-state index contributed by atoms with van der Waals surface area (Å²) in [7, 11) is -16.7. The van der Waals surface area contributed by atoms with Gasteiger partial charge in [-0.25, -0.2) is 18.7 Å². The highest BCUT2D eigenvalue weighted by Gasteiger charge is 2.47. The summed E-state index contributed by atoms with van der Waals surface area (Å²) in [5.74, 6) is -0.221. The summed E-state index contributed by atoms with van der Waals surface area (Å²) in [6, 6.07) is 0. The number of nitrogen functional groups attached to an aromatic ring is 1. The summed E-state index contributed by atoms with van der Waals surface area (Å²) in [5, 5.41) is 20.4. The molecule has 0 aromatic carbocycles. The molecule has 0 amide bonds. The molecule has 1 saturated heterocycles. The number of aromatic nitrogens is 4. The van der Waals surface area contributed by atoms with Crippen molar-refractivity contribution in [2.45, 2.75) is 24.5 Å². The number of anilines is 1. The van der Waals surface area contributed by atoms with Crippen LogP contribution in [0.15, 0.2) is 6.33 Å². The first-order valence-electron chi connectivity index (χ1n) is 8.04. The highest BCUT2D eigenvalue weighted by molar-refractivity contribution is 7.66. The average Bonchev–Trinajstić information content (AvgIpc) is 3.12. The first-order chi connectivity index (χ1) is 14.6. The Balaban J connectivity index is 1.72. The van der Waals surface area contributed by atoms with Crippen LogP contribution in [0.4, 0.5) is 5.95 Å². The summed E-state index contributed by atoms with van der Waals surface area (Å²) in [6.07, 6.45) is -5.05. The molecular formula is C10H15ClN5O13P3. The van der Waals surface area contributed by atoms with Gasteiger partial charge >= 0.3 is 23.5 Å². The molecule has 0 bridgehead atoms. The SMILES string of the molecule is Nc1nc(Cl)c2ncn(C3OC(COP(=O)(O)OP(=O)(O)OP(=O)(O)O)C(O)C3O)c2n1. The van der Waals surface area contributed by atoms with Crippen molar-refractivity contribution < 1.29 is 61.4 Å². The molecule has 180 valence electrons. The minimum atomic E-state index is -5.72. The van der Waals surface area contributed by atoms with E-state index in [1.807, 2.05) is 0 Å². The van der Waals surface area contributed by atoms with E-state index in [9.17, 15) is 28.8 Å². The van der Waals surface area contributed by atoms with Crippen LogP contribution in [0, 0.1) is 0 Å². The number of ether oxygens (including phenoxy) is 1. The number of nitrogens with two attached hydrogens (primary N) is 1. The van der Waals surface area contributed by atoms with Crippen molar-refractivity contribution >= 4 is 52.2 Å². The van der Waals surface area contributed by atoms with Crippen LogP contribution in [-0.4, -0.2) is 74.2 Å². The number of halogens is 1. The normalized spacial score (nSPS) is 28.0. The zero-order valence-electron chi connectivity index (χ0n) is 15.2. The monoisotopic (exact) mass is 541 g/mol. The van der Waals surface area contributed by atoms with Gasteiger partial charge in [0.1, 0.15) is 23.8 Å². The zero-order valence-corrected chi connectivity index (χ0v) is 18.7. The Morgan fingerprint density at radius 3 is 2.38 bits per heavy atom. The Morgan fingerprint density at radius 1 is 1.09 bits per heavy atom. The molecule has 6 atom stereocenters. The molecule has 32 heavy (non-hydrogen) atoms. The van der Waals surface area contributed by atoms with Crippen LogP contribution in [0.1, 0.15) is 6.23 Å². The molecular weight excluding hydrogens is 527 g/mol. The predicted octanol–water partition coefficient (Wildman–Crippen LogP) is -0.976. The van der Waals surface area contributed by atoms with Crippen LogP contribution in [0.5, 0.6) is 0 Å². The van der Waals surface area contributed by atoms with E-state index in [2.05, 4.69) is 28.1 Å². The van der Waals surface area contributed by atoms with Crippen LogP contribution in [0.2, 0.25) is 5.15 Å². The number of imidazole rings is 1. The van der Waals surface area contributed by atoms with Crippen molar-refractivity contribution in [3.63, 3.8) is 0 Å². The summed E-state index contributed by atoms with van der Waals surface area (Å²) < 4.78 is 51.9. The van der Waals surface area contributed by atoms with Gasteiger partial charge in [-0.1, -0.05) is 11.6 Å². The van der Waals surface area contributed by atoms with E-state index >= 15 is 0 Å². The second kappa shape index (κ2) is 8.94. The first kappa shape index (κ1) is 25.6. The summed E-state index contributed by atoms with van der Waals surface area (Å²) >= 11 is 5.91. The van der Waals surface area contributed by atoms with E-state index in [0.29, 0.717) is 0 Å². The van der Waals surface area contributed by atoms with Crippen LogP contribution < -0.4 is 5.73 Å². The van der Waals surface area contributed by atoms with Crippen LogP contribution in [-0.2, 0) is 31.6 Å². The third kappa shape index (κ3) is 5.88. The molecule has 6 unspecified atom stereocenters. The van der Waals surface area contributed by atoms with E-state index in [1.54, 1.807) is 0 Å². The summed E-state index contributed by atoms with van der Waals surface area (Å²) in [4.78, 5) is 47.2. The molecule has 0 radical (unpaired) electrons. The molecule has 1 aliphatic heterocycles. The van der Waals surface area contributed by atoms with Crippen molar-refractivity contribution in [1.29, 1.82) is 0 Å². The Bertz CT molecular complexity index is 1160. The minimum Gasteiger partial charge on any atom is -0.387 e. The number of nitrogens with zero attached hydrogens (tertiary/aromatic N) is 4. The summed E-state index contributed by atoms with van der Waals surface area (Å²) in [6.45, 7) is -0.983. The highest BCUT2D eigenvalue weighted by Crippen LogP contribution is 2.66. The van der Waals surface area contributed by atoms with Crippen molar-refractivity contribution in [3.8, 4) is 0 Å². The Labute approximate surface area is 182 Å². The molecule has 8 N–H and O–H groups in total. The van der Waals surface area contributed by atoms with Gasteiger partial charge in [-0.15, -0.1) is 0 Å². The van der Waals surface area contributed by atoms with Gasteiger partial charge in [-0.2, -0.15) is 18.6 Å². The maximum Gasteiger partial charge on any atom is 0.490 e. The Hall–Kier alpha value is -1.07. The van der Waals surface area contributed by atoms with Gasteiger partial charge in [-0.05, 0) is 0 Å². The second-order valence-corrected chi connectivity index (χ2v) is 10.9. The quantitative estimate of drug-likeness (QED) is 0.156. The Kier molecular flexibility index (Phi) is 7.14. The Morgan fingerprint density at radius 2 is 1.75 bits per heavy atom. The van der Waals surface area contributed by atoms with E-state index in [-0.39, 0.29) is 22.3 Å². The second-order valence-electron chi connectivity index (χ2n) is 6.13. The third-order valence-corrected chi connectivity index (χ3v) is 7.89. The van der Waals surface area contributed by atoms with Crippen molar-refractivity contribution in [2.24, 2.45) is 0 Å². The molecule has 1 aliphatic rings. The fraction of sp³-hybridized carbons (Fsp3) is 0.500. The van der Waals surface area contributed by atoms with Gasteiger partial charge < -0.3 is 40.3 Å². The molecule has 3 heterocycles. The highest BCUT2D eigenvalue weighted by atomic mass is 35.5. The van der Waals surface area contributed by atoms with Gasteiger partial charge in [-0.3, -0.25) is 9.09 Å². The first-order valence-corrected chi connectivity index (χ1v) is 12.9. The maximum absolute atomic E-state index is 11.8. The smallest absolute Gasteiger partial charge is 0.387 e. The van der Waals surface area contributed by atoms with Gasteiger partial charge in [0.05, 0.1) is 12.9 Å². The minimum absolute atomic E-state index is 0.0345. The number of fused-ring (bicyclic) bond motifs is 1. The van der Waals surface area contributed by atoms with Crippen molar-refractivity contribution in [3.05, 3.63) is 11.5 Å². The van der Waals surface area contributed by atoms with Crippen LogP contribution in [0.3, 0.4) is 0 Å². The van der Waals surface area contributed by atoms with Crippen molar-refractivity contribution in [1.82, 2.24) is 19.5 Å². The molecule has 0 spiro atoms. The average molecular weight is 542 g/mol. The number of aliphatic hydroxyl groups excluding tert-OH is 2. The number of hydrogen-bond donors (Lipinski definition) is 7. The number of phosphoric acid groups is 3. The van der Waals surface area contributed by atoms with Crippen molar-refractivity contribution in [2.75, 3.05) is 12.3 Å². The molecule has 0 saturated carbocycles. The van der Waals surface area contributed by atoms with Crippen LogP contribution >= 0.6 is 35.1 Å². The lowest BCUT2D eigenvalue weighted by Crippen LogP contribution is -2.33. The third-order valence-electron chi connectivity index (χ3n) is 3.83. The lowest BCUT2D eigenvalue weighted by molar-refractivity contribution is -0.0503. The van der Waals surface area contributed by atoms with Crippen LogP contribution in [0.25, 0.3) is 11.2 Å². The molecule has 22 heteroatoms. The predicted molar refractivity (Wildman–Crippen MR) is 100 cm³/mol. The van der Waals surface area contributed by atoms with Gasteiger partial charge in [0.15, 0.2) is 17.0 Å². The lowest BCUT2D eigenvalue weighted by atomic mass is 10.1. The molecule has 1 fully saturated rings. The largest absolute Gasteiger partial charge is 0.490 e. The number of hydrogen-bond acceptors (Lipinski definition) is 13. The van der Waals surface area contributed by atoms with E-state index < -0.39 is 54.6 Å². The van der Waals surface area contributed by atoms with E-state index in [4.69, 9.17) is 36.8 Å². The van der Waals surface area contributed by atoms with Gasteiger partial charge in [0.25, 0.3) is 0 Å². The maximum atomic E-state index is 11.8. The van der Waals surface area contributed by atoms with Gasteiger partial charge in [0, 0.05) is 0 Å². The molecule has 18 nitrogen and oxygen atoms in total. The molecule has 3 rings (SSSR count). The standard InChI is InChI=1S/C10H15ClN5O13P3/c11-7-4-8(15-10(12)14-7)16(2-13-4)9-6(18)5(17)3(27-9)1-26-31(22,23)29-32(24,25)28-30(19,20)21/h2-3,5-6,9,17-18H,1H2,(H,22,23)(H,24,25)(H2,12,14,15)(H2,19,20,21).